The molecule has 1 aromatic rings. The van der Waals surface area contributed by atoms with Crippen molar-refractivity contribution >= 4 is 5.82 Å². The van der Waals surface area contributed by atoms with E-state index in [2.05, 4.69) is 49.3 Å². The Bertz CT molecular complexity index is 375. The van der Waals surface area contributed by atoms with Gasteiger partial charge in [-0.1, -0.05) is 19.9 Å². The van der Waals surface area contributed by atoms with Crippen LogP contribution in [0.25, 0.3) is 0 Å². The van der Waals surface area contributed by atoms with Crippen LogP contribution in [0.1, 0.15) is 26.0 Å². The Morgan fingerprint density at radius 1 is 1.50 bits per heavy atom. The Hall–Kier alpha value is -1.13. The highest BCUT2D eigenvalue weighted by Gasteiger charge is 2.21. The molecule has 0 bridgehead atoms. The summed E-state index contributed by atoms with van der Waals surface area (Å²) in [4.78, 5) is 6.93. The number of nitrogens with zero attached hydrogens (tertiary/aromatic N) is 2. The first-order chi connectivity index (χ1) is 8.66. The van der Waals surface area contributed by atoms with Crippen molar-refractivity contribution in [1.82, 2.24) is 10.3 Å². The van der Waals surface area contributed by atoms with Gasteiger partial charge in [-0.15, -0.1) is 0 Å². The van der Waals surface area contributed by atoms with Gasteiger partial charge in [-0.25, -0.2) is 4.98 Å². The quantitative estimate of drug-likeness (QED) is 0.863. The number of aromatic nitrogens is 1. The van der Waals surface area contributed by atoms with E-state index in [1.807, 2.05) is 0 Å². The highest BCUT2D eigenvalue weighted by molar-refractivity contribution is 5.39. The molecule has 1 atom stereocenters. The van der Waals surface area contributed by atoms with Gasteiger partial charge >= 0.3 is 0 Å². The van der Waals surface area contributed by atoms with Crippen LogP contribution < -0.4 is 10.2 Å². The lowest BCUT2D eigenvalue weighted by Crippen LogP contribution is -2.32. The number of anilines is 1. The summed E-state index contributed by atoms with van der Waals surface area (Å²) in [5.41, 5.74) is 1.09. The molecule has 1 N–H and O–H groups in total. The fraction of sp³-hybridized carbons (Fsp3) is 0.643. The van der Waals surface area contributed by atoms with Gasteiger partial charge in [0.2, 0.25) is 0 Å². The molecule has 0 aromatic carbocycles. The summed E-state index contributed by atoms with van der Waals surface area (Å²) in [6.07, 6.45) is 1.09. The number of likely N-dealkylation sites (N-methyl/N-ethyl adjacent to an activating group) is 1. The van der Waals surface area contributed by atoms with Crippen LogP contribution in [0.15, 0.2) is 18.2 Å². The van der Waals surface area contributed by atoms with Crippen molar-refractivity contribution in [3.05, 3.63) is 23.9 Å². The summed E-state index contributed by atoms with van der Waals surface area (Å²) in [7, 11) is 2.10. The van der Waals surface area contributed by atoms with Gasteiger partial charge in [0, 0.05) is 26.2 Å². The van der Waals surface area contributed by atoms with Gasteiger partial charge in [0.25, 0.3) is 0 Å². The predicted octanol–water partition coefficient (Wildman–Crippen LogP) is 1.80. The second-order valence-corrected chi connectivity index (χ2v) is 5.15. The number of pyridine rings is 1. The number of hydrogen-bond donors (Lipinski definition) is 1. The Morgan fingerprint density at radius 3 is 3.00 bits per heavy atom. The van der Waals surface area contributed by atoms with Gasteiger partial charge < -0.3 is 15.0 Å². The van der Waals surface area contributed by atoms with Gasteiger partial charge in [0.1, 0.15) is 5.82 Å². The zero-order valence-electron chi connectivity index (χ0n) is 11.5. The predicted molar refractivity (Wildman–Crippen MR) is 73.8 cm³/mol. The first-order valence-electron chi connectivity index (χ1n) is 6.66. The lowest BCUT2D eigenvalue weighted by molar-refractivity contribution is 0.193. The monoisotopic (exact) mass is 249 g/mol. The SMILES string of the molecule is CC(C)NCc1cccc(N(C)C2CCOC2)n1. The standard InChI is InChI=1S/C14H23N3O/c1-11(2)15-9-12-5-4-6-14(16-12)17(3)13-7-8-18-10-13/h4-6,11,13,15H,7-10H2,1-3H3. The van der Waals surface area contributed by atoms with Crippen LogP contribution in [0.2, 0.25) is 0 Å². The minimum Gasteiger partial charge on any atom is -0.379 e. The zero-order valence-corrected chi connectivity index (χ0v) is 11.5. The summed E-state index contributed by atoms with van der Waals surface area (Å²) in [5, 5.41) is 3.39. The summed E-state index contributed by atoms with van der Waals surface area (Å²) >= 11 is 0. The average Bonchev–Trinajstić information content (AvgIpc) is 2.89. The number of ether oxygens (including phenoxy) is 1. The third kappa shape index (κ3) is 3.43. The Morgan fingerprint density at radius 2 is 2.33 bits per heavy atom. The topological polar surface area (TPSA) is 37.4 Å². The van der Waals surface area contributed by atoms with Gasteiger partial charge in [-0.2, -0.15) is 0 Å². The second kappa shape index (κ2) is 6.16. The van der Waals surface area contributed by atoms with Gasteiger partial charge in [-0.3, -0.25) is 0 Å². The molecular formula is C14H23N3O. The number of nitrogens with one attached hydrogen (secondary N) is 1. The van der Waals surface area contributed by atoms with Gasteiger partial charge in [0.15, 0.2) is 0 Å². The second-order valence-electron chi connectivity index (χ2n) is 5.15. The van der Waals surface area contributed by atoms with E-state index < -0.39 is 0 Å². The third-order valence-corrected chi connectivity index (χ3v) is 3.30. The molecule has 2 rings (SSSR count). The molecule has 1 fully saturated rings. The van der Waals surface area contributed by atoms with Crippen molar-refractivity contribution in [1.29, 1.82) is 0 Å². The van der Waals surface area contributed by atoms with Crippen LogP contribution in [-0.4, -0.2) is 37.3 Å². The molecule has 100 valence electrons. The molecular weight excluding hydrogens is 226 g/mol. The average molecular weight is 249 g/mol. The molecule has 4 nitrogen and oxygen atoms in total. The van der Waals surface area contributed by atoms with Crippen molar-refractivity contribution in [3.8, 4) is 0 Å². The van der Waals surface area contributed by atoms with E-state index in [1.165, 1.54) is 0 Å². The van der Waals surface area contributed by atoms with E-state index in [-0.39, 0.29) is 0 Å². The smallest absolute Gasteiger partial charge is 0.128 e. The summed E-state index contributed by atoms with van der Waals surface area (Å²) in [6, 6.07) is 7.16. The molecule has 1 aliphatic heterocycles. The molecule has 0 saturated carbocycles. The van der Waals surface area contributed by atoms with E-state index in [0.29, 0.717) is 12.1 Å². The summed E-state index contributed by atoms with van der Waals surface area (Å²) < 4.78 is 5.43. The number of hydrogen-bond acceptors (Lipinski definition) is 4. The first-order valence-corrected chi connectivity index (χ1v) is 6.66. The summed E-state index contributed by atoms with van der Waals surface area (Å²) in [5.74, 6) is 1.04. The first kappa shape index (κ1) is 13.3. The molecule has 1 saturated heterocycles. The minimum atomic E-state index is 0.464. The zero-order chi connectivity index (χ0) is 13.0. The lowest BCUT2D eigenvalue weighted by Gasteiger charge is -2.24. The molecule has 0 spiro atoms. The van der Waals surface area contributed by atoms with E-state index >= 15 is 0 Å². The van der Waals surface area contributed by atoms with Crippen LogP contribution >= 0.6 is 0 Å². The van der Waals surface area contributed by atoms with E-state index in [0.717, 1.165) is 37.7 Å². The molecule has 2 heterocycles. The maximum atomic E-state index is 5.43. The van der Waals surface area contributed by atoms with Crippen LogP contribution in [-0.2, 0) is 11.3 Å². The van der Waals surface area contributed by atoms with Crippen molar-refractivity contribution in [2.75, 3.05) is 25.2 Å². The largest absolute Gasteiger partial charge is 0.379 e. The highest BCUT2D eigenvalue weighted by atomic mass is 16.5. The molecule has 0 amide bonds. The van der Waals surface area contributed by atoms with Crippen molar-refractivity contribution in [2.45, 2.75) is 38.9 Å². The van der Waals surface area contributed by atoms with Crippen molar-refractivity contribution in [3.63, 3.8) is 0 Å². The van der Waals surface area contributed by atoms with Gasteiger partial charge in [-0.05, 0) is 18.6 Å². The Balaban J connectivity index is 2.01. The molecule has 4 heteroatoms. The normalized spacial score (nSPS) is 19.4. The molecule has 1 aliphatic rings. The van der Waals surface area contributed by atoms with E-state index in [4.69, 9.17) is 9.72 Å². The van der Waals surface area contributed by atoms with Crippen LogP contribution in [0, 0.1) is 0 Å². The maximum absolute atomic E-state index is 5.43. The van der Waals surface area contributed by atoms with Crippen LogP contribution in [0.3, 0.4) is 0 Å². The van der Waals surface area contributed by atoms with Crippen LogP contribution in [0.5, 0.6) is 0 Å². The fourth-order valence-electron chi connectivity index (χ4n) is 2.09. The number of rotatable bonds is 5. The molecule has 0 radical (unpaired) electrons. The van der Waals surface area contributed by atoms with Gasteiger partial charge in [0.05, 0.1) is 18.3 Å². The molecule has 1 aromatic heterocycles. The maximum Gasteiger partial charge on any atom is 0.128 e. The minimum absolute atomic E-state index is 0.464. The fourth-order valence-corrected chi connectivity index (χ4v) is 2.09. The lowest BCUT2D eigenvalue weighted by atomic mass is 10.2. The highest BCUT2D eigenvalue weighted by Crippen LogP contribution is 2.18. The molecule has 18 heavy (non-hydrogen) atoms. The van der Waals surface area contributed by atoms with Crippen molar-refractivity contribution < 1.29 is 4.74 Å². The van der Waals surface area contributed by atoms with Crippen molar-refractivity contribution in [2.24, 2.45) is 0 Å². The third-order valence-electron chi connectivity index (χ3n) is 3.30. The molecule has 1 unspecified atom stereocenters. The van der Waals surface area contributed by atoms with E-state index in [9.17, 15) is 0 Å². The Labute approximate surface area is 109 Å². The van der Waals surface area contributed by atoms with E-state index in [1.54, 1.807) is 0 Å². The van der Waals surface area contributed by atoms with Crippen LogP contribution in [0.4, 0.5) is 5.82 Å². The Kier molecular flexibility index (Phi) is 4.55. The molecule has 0 aliphatic carbocycles. The summed E-state index contributed by atoms with van der Waals surface area (Å²) in [6.45, 7) is 6.79.